The minimum absolute atomic E-state index is 0.636. The number of hydrogen-bond acceptors (Lipinski definition) is 9. The molecule has 8 nitrogen and oxygen atoms in total. The van der Waals surface area contributed by atoms with Crippen molar-refractivity contribution in [3.63, 3.8) is 0 Å². The lowest BCUT2D eigenvalue weighted by Gasteiger charge is -2.38. The SMILES string of the molecule is COc1cnc2c(Sc3ccc(Nc4nnc(N5CCN6CCC[C@@H]6C5)c5ccccc45)cc3)ccnc2c1. The summed E-state index contributed by atoms with van der Waals surface area (Å²) in [4.78, 5) is 16.2. The number of nitrogens with zero attached hydrogens (tertiary/aromatic N) is 6. The third-order valence-corrected chi connectivity index (χ3v) is 8.71. The van der Waals surface area contributed by atoms with E-state index in [0.717, 1.165) is 68.6 Å². The van der Waals surface area contributed by atoms with Gasteiger partial charge in [0.1, 0.15) is 11.3 Å². The summed E-state index contributed by atoms with van der Waals surface area (Å²) in [7, 11) is 1.64. The molecule has 0 aliphatic carbocycles. The van der Waals surface area contributed by atoms with Gasteiger partial charge in [-0.3, -0.25) is 9.88 Å². The average molecular weight is 536 g/mol. The number of fused-ring (bicyclic) bond motifs is 3. The molecule has 0 spiro atoms. The zero-order valence-corrected chi connectivity index (χ0v) is 22.6. The fourth-order valence-corrected chi connectivity index (χ4v) is 6.56. The van der Waals surface area contributed by atoms with E-state index < -0.39 is 0 Å². The fourth-order valence-electron chi connectivity index (χ4n) is 5.65. The highest BCUT2D eigenvalue weighted by molar-refractivity contribution is 7.99. The monoisotopic (exact) mass is 535 g/mol. The lowest BCUT2D eigenvalue weighted by Crippen LogP contribution is -2.50. The van der Waals surface area contributed by atoms with Gasteiger partial charge in [-0.25, -0.2) is 4.98 Å². The predicted octanol–water partition coefficient (Wildman–Crippen LogP) is 5.76. The highest BCUT2D eigenvalue weighted by Gasteiger charge is 2.31. The van der Waals surface area contributed by atoms with Crippen LogP contribution in [0, 0.1) is 0 Å². The maximum absolute atomic E-state index is 5.29. The Kier molecular flexibility index (Phi) is 6.38. The number of methoxy groups -OCH3 is 1. The molecular weight excluding hydrogens is 506 g/mol. The molecule has 1 N–H and O–H groups in total. The summed E-state index contributed by atoms with van der Waals surface area (Å²) in [6.07, 6.45) is 6.12. The quantitative estimate of drug-likeness (QED) is 0.292. The first kappa shape index (κ1) is 24.1. The van der Waals surface area contributed by atoms with Gasteiger partial charge in [0.15, 0.2) is 11.6 Å². The van der Waals surface area contributed by atoms with Crippen molar-refractivity contribution in [3.05, 3.63) is 73.1 Å². The van der Waals surface area contributed by atoms with Gasteiger partial charge in [0, 0.05) is 64.2 Å². The number of nitrogens with one attached hydrogen (secondary N) is 1. The van der Waals surface area contributed by atoms with Crippen molar-refractivity contribution in [1.82, 2.24) is 25.1 Å². The number of anilines is 3. The highest BCUT2D eigenvalue weighted by Crippen LogP contribution is 2.35. The third kappa shape index (κ3) is 4.72. The van der Waals surface area contributed by atoms with Crippen LogP contribution in [0.4, 0.5) is 17.3 Å². The molecule has 5 heterocycles. The topological polar surface area (TPSA) is 79.3 Å². The Labute approximate surface area is 231 Å². The molecule has 2 saturated heterocycles. The molecule has 0 unspecified atom stereocenters. The van der Waals surface area contributed by atoms with Gasteiger partial charge in [0.05, 0.1) is 18.8 Å². The summed E-state index contributed by atoms with van der Waals surface area (Å²) in [6, 6.07) is 21.3. The minimum atomic E-state index is 0.636. The second-order valence-corrected chi connectivity index (χ2v) is 11.1. The van der Waals surface area contributed by atoms with E-state index in [-0.39, 0.29) is 0 Å². The first-order chi connectivity index (χ1) is 19.2. The molecule has 196 valence electrons. The van der Waals surface area contributed by atoms with Gasteiger partial charge >= 0.3 is 0 Å². The molecule has 9 heteroatoms. The van der Waals surface area contributed by atoms with Gasteiger partial charge in [0.2, 0.25) is 0 Å². The normalized spacial score (nSPS) is 17.5. The van der Waals surface area contributed by atoms with Crippen LogP contribution in [-0.4, -0.2) is 64.4 Å². The predicted molar refractivity (Wildman–Crippen MR) is 156 cm³/mol. The third-order valence-electron chi connectivity index (χ3n) is 7.65. The van der Waals surface area contributed by atoms with Crippen molar-refractivity contribution in [2.24, 2.45) is 0 Å². The van der Waals surface area contributed by atoms with E-state index >= 15 is 0 Å². The van der Waals surface area contributed by atoms with Gasteiger partial charge in [0.25, 0.3) is 0 Å². The summed E-state index contributed by atoms with van der Waals surface area (Å²) in [5, 5.41) is 15.1. The number of piperazine rings is 1. The second-order valence-electron chi connectivity index (χ2n) is 10.00. The number of ether oxygens (including phenoxy) is 1. The van der Waals surface area contributed by atoms with Gasteiger partial charge < -0.3 is 15.0 Å². The van der Waals surface area contributed by atoms with Crippen LogP contribution in [0.3, 0.4) is 0 Å². The molecule has 0 radical (unpaired) electrons. The Morgan fingerprint density at radius 2 is 1.82 bits per heavy atom. The Morgan fingerprint density at radius 3 is 2.69 bits per heavy atom. The first-order valence-electron chi connectivity index (χ1n) is 13.3. The van der Waals surface area contributed by atoms with E-state index in [1.165, 1.54) is 19.4 Å². The zero-order chi connectivity index (χ0) is 26.2. The van der Waals surface area contributed by atoms with E-state index in [9.17, 15) is 0 Å². The van der Waals surface area contributed by atoms with Crippen LogP contribution >= 0.6 is 11.8 Å². The molecule has 5 aromatic rings. The number of pyridine rings is 2. The van der Waals surface area contributed by atoms with Crippen molar-refractivity contribution in [3.8, 4) is 5.75 Å². The van der Waals surface area contributed by atoms with Crippen LogP contribution in [-0.2, 0) is 0 Å². The van der Waals surface area contributed by atoms with Gasteiger partial charge in [-0.05, 0) is 49.7 Å². The smallest absolute Gasteiger partial charge is 0.161 e. The Hall–Kier alpha value is -3.95. The van der Waals surface area contributed by atoms with Crippen molar-refractivity contribution in [1.29, 1.82) is 0 Å². The molecule has 3 aromatic heterocycles. The number of rotatable bonds is 6. The van der Waals surface area contributed by atoms with E-state index in [0.29, 0.717) is 11.8 Å². The van der Waals surface area contributed by atoms with Crippen LogP contribution in [0.25, 0.3) is 21.8 Å². The summed E-state index contributed by atoms with van der Waals surface area (Å²) < 4.78 is 5.29. The summed E-state index contributed by atoms with van der Waals surface area (Å²) >= 11 is 1.66. The maximum atomic E-state index is 5.29. The molecule has 2 aromatic carbocycles. The highest BCUT2D eigenvalue weighted by atomic mass is 32.2. The first-order valence-corrected chi connectivity index (χ1v) is 14.1. The Bertz CT molecular complexity index is 1640. The second kappa shape index (κ2) is 10.3. The van der Waals surface area contributed by atoms with Crippen molar-refractivity contribution in [2.45, 2.75) is 28.7 Å². The number of hydrogen-bond donors (Lipinski definition) is 1. The van der Waals surface area contributed by atoms with Gasteiger partial charge in [-0.15, -0.1) is 10.2 Å². The zero-order valence-electron chi connectivity index (χ0n) is 21.7. The molecule has 0 saturated carbocycles. The molecule has 2 fully saturated rings. The van der Waals surface area contributed by atoms with Crippen LogP contribution in [0.5, 0.6) is 5.75 Å². The van der Waals surface area contributed by atoms with E-state index in [1.807, 2.05) is 18.3 Å². The number of aromatic nitrogens is 4. The minimum Gasteiger partial charge on any atom is -0.495 e. The molecule has 0 amide bonds. The standard InChI is InChI=1S/C30H29N7OS/c1-38-22-17-26-28(32-18-22)27(12-13-31-26)39-23-10-8-20(9-11-23)33-29-24-6-2-3-7-25(24)30(35-34-29)37-16-15-36-14-4-5-21(36)19-37/h2-3,6-13,17-18,21H,4-5,14-16,19H2,1H3,(H,33,34)/t21-/m1/s1. The Balaban J connectivity index is 1.11. The average Bonchev–Trinajstić information content (AvgIpc) is 3.46. The van der Waals surface area contributed by atoms with Crippen molar-refractivity contribution in [2.75, 3.05) is 43.5 Å². The molecule has 2 aliphatic heterocycles. The molecule has 7 rings (SSSR count). The number of benzene rings is 2. The van der Waals surface area contributed by atoms with Crippen LogP contribution in [0.1, 0.15) is 12.8 Å². The fraction of sp³-hybridized carbons (Fsp3) is 0.267. The van der Waals surface area contributed by atoms with Crippen molar-refractivity contribution >= 4 is 50.9 Å². The van der Waals surface area contributed by atoms with E-state index in [4.69, 9.17) is 9.84 Å². The van der Waals surface area contributed by atoms with E-state index in [1.54, 1.807) is 25.1 Å². The largest absolute Gasteiger partial charge is 0.495 e. The maximum Gasteiger partial charge on any atom is 0.161 e. The van der Waals surface area contributed by atoms with Crippen molar-refractivity contribution < 1.29 is 4.74 Å². The molecule has 2 aliphatic rings. The molecule has 39 heavy (non-hydrogen) atoms. The van der Waals surface area contributed by atoms with Gasteiger partial charge in [-0.2, -0.15) is 0 Å². The summed E-state index contributed by atoms with van der Waals surface area (Å²) in [6.45, 7) is 4.36. The van der Waals surface area contributed by atoms with Crippen LogP contribution in [0.15, 0.2) is 82.8 Å². The van der Waals surface area contributed by atoms with E-state index in [2.05, 4.69) is 78.7 Å². The van der Waals surface area contributed by atoms with Crippen LogP contribution < -0.4 is 15.0 Å². The lowest BCUT2D eigenvalue weighted by atomic mass is 10.1. The van der Waals surface area contributed by atoms with Crippen LogP contribution in [0.2, 0.25) is 0 Å². The molecule has 0 bridgehead atoms. The lowest BCUT2D eigenvalue weighted by molar-refractivity contribution is 0.230. The summed E-state index contributed by atoms with van der Waals surface area (Å²) in [5.74, 6) is 2.46. The summed E-state index contributed by atoms with van der Waals surface area (Å²) in [5.41, 5.74) is 2.65. The Morgan fingerprint density at radius 1 is 0.949 bits per heavy atom. The molecule has 1 atom stereocenters. The molecular formula is C30H29N7OS. The van der Waals surface area contributed by atoms with Gasteiger partial charge in [-0.1, -0.05) is 36.0 Å².